The van der Waals surface area contributed by atoms with Crippen molar-refractivity contribution >= 4 is 0 Å². The molecule has 0 bridgehead atoms. The third-order valence-electron chi connectivity index (χ3n) is 3.70. The quantitative estimate of drug-likeness (QED) is 0.798. The molecule has 0 saturated heterocycles. The predicted octanol–water partition coefficient (Wildman–Crippen LogP) is 4.57. The van der Waals surface area contributed by atoms with E-state index in [1.165, 1.54) is 16.7 Å². The fourth-order valence-electron chi connectivity index (χ4n) is 2.64. The van der Waals surface area contributed by atoms with Crippen LogP contribution < -0.4 is 5.32 Å². The van der Waals surface area contributed by atoms with E-state index in [-0.39, 0.29) is 0 Å². The second-order valence-electron chi connectivity index (χ2n) is 5.48. The van der Waals surface area contributed by atoms with E-state index in [1.54, 1.807) is 6.26 Å². The topological polar surface area (TPSA) is 25.2 Å². The summed E-state index contributed by atoms with van der Waals surface area (Å²) in [6, 6.07) is 11.2. The van der Waals surface area contributed by atoms with Crippen LogP contribution in [0.2, 0.25) is 0 Å². The molecule has 0 aliphatic rings. The van der Waals surface area contributed by atoms with Gasteiger partial charge in [0.2, 0.25) is 0 Å². The molecule has 2 nitrogen and oxygen atoms in total. The van der Waals surface area contributed by atoms with Crippen LogP contribution in [0, 0.1) is 13.8 Å². The Morgan fingerprint density at radius 3 is 2.70 bits per heavy atom. The molecule has 1 unspecified atom stereocenters. The largest absolute Gasteiger partial charge is 0.469 e. The summed E-state index contributed by atoms with van der Waals surface area (Å²) in [6.45, 7) is 7.61. The minimum Gasteiger partial charge on any atom is -0.469 e. The highest BCUT2D eigenvalue weighted by Crippen LogP contribution is 2.23. The Labute approximate surface area is 122 Å². The van der Waals surface area contributed by atoms with Gasteiger partial charge in [0, 0.05) is 12.5 Å². The van der Waals surface area contributed by atoms with Crippen LogP contribution in [0.15, 0.2) is 41.0 Å². The molecule has 2 aromatic rings. The second kappa shape index (κ2) is 7.30. The average Bonchev–Trinajstić information content (AvgIpc) is 2.93. The summed E-state index contributed by atoms with van der Waals surface area (Å²) in [5, 5.41) is 3.67. The summed E-state index contributed by atoms with van der Waals surface area (Å²) in [5.41, 5.74) is 4.11. The van der Waals surface area contributed by atoms with Gasteiger partial charge >= 0.3 is 0 Å². The van der Waals surface area contributed by atoms with Gasteiger partial charge in [-0.1, -0.05) is 30.7 Å². The maximum atomic E-state index is 5.45. The minimum atomic E-state index is 0.403. The predicted molar refractivity (Wildman–Crippen MR) is 84.0 cm³/mol. The van der Waals surface area contributed by atoms with Crippen LogP contribution in [0.3, 0.4) is 0 Å². The van der Waals surface area contributed by atoms with Crippen molar-refractivity contribution < 1.29 is 4.42 Å². The molecule has 20 heavy (non-hydrogen) atoms. The van der Waals surface area contributed by atoms with E-state index in [1.807, 2.05) is 6.07 Å². The van der Waals surface area contributed by atoms with E-state index in [9.17, 15) is 0 Å². The number of aryl methyl sites for hydroxylation is 3. The molecule has 1 N–H and O–H groups in total. The van der Waals surface area contributed by atoms with Gasteiger partial charge in [0.05, 0.1) is 6.26 Å². The molecular weight excluding hydrogens is 246 g/mol. The molecule has 1 aromatic carbocycles. The molecule has 0 radical (unpaired) electrons. The molecule has 0 fully saturated rings. The van der Waals surface area contributed by atoms with E-state index < -0.39 is 0 Å². The molecular formula is C18H25NO. The molecule has 2 rings (SSSR count). The smallest absolute Gasteiger partial charge is 0.103 e. The highest BCUT2D eigenvalue weighted by atomic mass is 16.3. The first kappa shape index (κ1) is 14.9. The zero-order valence-corrected chi connectivity index (χ0v) is 12.8. The standard InChI is InChI=1S/C18H25NO/c1-4-11-19-18(10-8-16-6-5-12-20-16)17-9-7-14(2)13-15(17)3/h5-7,9,12-13,18-19H,4,8,10-11H2,1-3H3. The first-order valence-electron chi connectivity index (χ1n) is 7.53. The van der Waals surface area contributed by atoms with Gasteiger partial charge in [-0.3, -0.25) is 0 Å². The lowest BCUT2D eigenvalue weighted by molar-refractivity contribution is 0.451. The van der Waals surface area contributed by atoms with Crippen LogP contribution in [0.4, 0.5) is 0 Å². The van der Waals surface area contributed by atoms with Crippen molar-refractivity contribution in [2.75, 3.05) is 6.54 Å². The SMILES string of the molecule is CCCNC(CCc1ccco1)c1ccc(C)cc1C. The van der Waals surface area contributed by atoms with Gasteiger partial charge in [0.15, 0.2) is 0 Å². The Bertz CT molecular complexity index is 516. The van der Waals surface area contributed by atoms with Gasteiger partial charge in [-0.05, 0) is 56.5 Å². The van der Waals surface area contributed by atoms with Crippen LogP contribution in [-0.4, -0.2) is 6.54 Å². The molecule has 1 atom stereocenters. The van der Waals surface area contributed by atoms with Crippen LogP contribution in [0.5, 0.6) is 0 Å². The van der Waals surface area contributed by atoms with Gasteiger partial charge < -0.3 is 9.73 Å². The Kier molecular flexibility index (Phi) is 5.42. The number of benzene rings is 1. The lowest BCUT2D eigenvalue weighted by Gasteiger charge is -2.21. The van der Waals surface area contributed by atoms with Crippen molar-refractivity contribution in [3.8, 4) is 0 Å². The summed E-state index contributed by atoms with van der Waals surface area (Å²) < 4.78 is 5.45. The highest BCUT2D eigenvalue weighted by molar-refractivity contribution is 5.32. The zero-order chi connectivity index (χ0) is 14.4. The van der Waals surface area contributed by atoms with E-state index in [4.69, 9.17) is 4.42 Å². The van der Waals surface area contributed by atoms with Crippen molar-refractivity contribution in [3.05, 3.63) is 59.0 Å². The van der Waals surface area contributed by atoms with Crippen molar-refractivity contribution in [2.45, 2.75) is 46.1 Å². The number of furan rings is 1. The van der Waals surface area contributed by atoms with Gasteiger partial charge in [0.25, 0.3) is 0 Å². The molecule has 2 heteroatoms. The van der Waals surface area contributed by atoms with Gasteiger partial charge in [-0.25, -0.2) is 0 Å². The number of hydrogen-bond donors (Lipinski definition) is 1. The average molecular weight is 271 g/mol. The number of hydrogen-bond acceptors (Lipinski definition) is 2. The van der Waals surface area contributed by atoms with Crippen molar-refractivity contribution in [1.82, 2.24) is 5.32 Å². The van der Waals surface area contributed by atoms with Gasteiger partial charge in [-0.15, -0.1) is 0 Å². The first-order valence-corrected chi connectivity index (χ1v) is 7.53. The Balaban J connectivity index is 2.09. The van der Waals surface area contributed by atoms with Crippen LogP contribution in [0.1, 0.15) is 48.3 Å². The number of rotatable bonds is 7. The Morgan fingerprint density at radius 1 is 1.20 bits per heavy atom. The summed E-state index contributed by atoms with van der Waals surface area (Å²) >= 11 is 0. The summed E-state index contributed by atoms with van der Waals surface area (Å²) in [5.74, 6) is 1.07. The minimum absolute atomic E-state index is 0.403. The van der Waals surface area contributed by atoms with E-state index >= 15 is 0 Å². The fraction of sp³-hybridized carbons (Fsp3) is 0.444. The van der Waals surface area contributed by atoms with Crippen LogP contribution in [-0.2, 0) is 6.42 Å². The first-order chi connectivity index (χ1) is 9.70. The summed E-state index contributed by atoms with van der Waals surface area (Å²) in [6.07, 6.45) is 4.95. The van der Waals surface area contributed by atoms with Crippen molar-refractivity contribution in [3.63, 3.8) is 0 Å². The molecule has 1 aromatic heterocycles. The highest BCUT2D eigenvalue weighted by Gasteiger charge is 2.13. The maximum absolute atomic E-state index is 5.45. The third-order valence-corrected chi connectivity index (χ3v) is 3.70. The molecule has 0 spiro atoms. The van der Waals surface area contributed by atoms with E-state index in [0.717, 1.165) is 31.6 Å². The second-order valence-corrected chi connectivity index (χ2v) is 5.48. The lowest BCUT2D eigenvalue weighted by atomic mass is 9.95. The molecule has 0 aliphatic heterocycles. The monoisotopic (exact) mass is 271 g/mol. The van der Waals surface area contributed by atoms with Gasteiger partial charge in [-0.2, -0.15) is 0 Å². The lowest BCUT2D eigenvalue weighted by Crippen LogP contribution is -2.23. The maximum Gasteiger partial charge on any atom is 0.103 e. The van der Waals surface area contributed by atoms with Crippen LogP contribution >= 0.6 is 0 Å². The van der Waals surface area contributed by atoms with Crippen molar-refractivity contribution in [1.29, 1.82) is 0 Å². The Hall–Kier alpha value is -1.54. The fourth-order valence-corrected chi connectivity index (χ4v) is 2.64. The van der Waals surface area contributed by atoms with Crippen molar-refractivity contribution in [2.24, 2.45) is 0 Å². The van der Waals surface area contributed by atoms with E-state index in [2.05, 4.69) is 50.4 Å². The van der Waals surface area contributed by atoms with E-state index in [0.29, 0.717) is 6.04 Å². The Morgan fingerprint density at radius 2 is 2.05 bits per heavy atom. The molecule has 108 valence electrons. The molecule has 0 saturated carbocycles. The molecule has 0 aliphatic carbocycles. The normalized spacial score (nSPS) is 12.6. The summed E-state index contributed by atoms with van der Waals surface area (Å²) in [7, 11) is 0. The van der Waals surface area contributed by atoms with Gasteiger partial charge in [0.1, 0.15) is 5.76 Å². The summed E-state index contributed by atoms with van der Waals surface area (Å²) in [4.78, 5) is 0. The van der Waals surface area contributed by atoms with Crippen LogP contribution in [0.25, 0.3) is 0 Å². The molecule has 0 amide bonds. The third kappa shape index (κ3) is 3.97. The zero-order valence-electron chi connectivity index (χ0n) is 12.8. The number of nitrogens with one attached hydrogen (secondary N) is 1. The molecule has 1 heterocycles.